The molecule has 3 aromatic carbocycles. The van der Waals surface area contributed by atoms with E-state index in [1.54, 1.807) is 29.2 Å². The molecule has 0 saturated carbocycles. The smallest absolute Gasteiger partial charge is 0.254 e. The SMILES string of the molecule is O=C(CCCOc1cccc2ccccc12)Nc1ccc(C(=O)N2CCOCC2)cc1. The molecule has 0 bridgehead atoms. The molecule has 0 atom stereocenters. The minimum absolute atomic E-state index is 0.00763. The van der Waals surface area contributed by atoms with Crippen molar-refractivity contribution in [1.29, 1.82) is 0 Å². The van der Waals surface area contributed by atoms with E-state index >= 15 is 0 Å². The molecule has 3 aromatic rings. The number of hydrogen-bond donors (Lipinski definition) is 1. The van der Waals surface area contributed by atoms with Crippen LogP contribution >= 0.6 is 0 Å². The van der Waals surface area contributed by atoms with E-state index in [1.165, 1.54) is 0 Å². The zero-order valence-electron chi connectivity index (χ0n) is 17.4. The Labute approximate surface area is 181 Å². The molecule has 0 radical (unpaired) electrons. The van der Waals surface area contributed by atoms with Crippen molar-refractivity contribution in [3.8, 4) is 5.75 Å². The second-order valence-electron chi connectivity index (χ2n) is 7.46. The number of hydrogen-bond acceptors (Lipinski definition) is 4. The minimum Gasteiger partial charge on any atom is -0.493 e. The molecule has 6 heteroatoms. The van der Waals surface area contributed by atoms with Gasteiger partial charge in [-0.05, 0) is 42.1 Å². The highest BCUT2D eigenvalue weighted by atomic mass is 16.5. The van der Waals surface area contributed by atoms with Gasteiger partial charge in [-0.2, -0.15) is 0 Å². The number of nitrogens with one attached hydrogen (secondary N) is 1. The summed E-state index contributed by atoms with van der Waals surface area (Å²) in [6, 6.07) is 21.1. The molecule has 0 aliphatic carbocycles. The fraction of sp³-hybridized carbons (Fsp3) is 0.280. The van der Waals surface area contributed by atoms with Gasteiger partial charge in [-0.15, -0.1) is 0 Å². The Balaban J connectivity index is 1.23. The van der Waals surface area contributed by atoms with Gasteiger partial charge in [0.2, 0.25) is 5.91 Å². The van der Waals surface area contributed by atoms with E-state index in [1.807, 2.05) is 30.3 Å². The van der Waals surface area contributed by atoms with Crippen LogP contribution in [0.5, 0.6) is 5.75 Å². The van der Waals surface area contributed by atoms with Crippen molar-refractivity contribution >= 4 is 28.3 Å². The van der Waals surface area contributed by atoms with E-state index in [-0.39, 0.29) is 11.8 Å². The summed E-state index contributed by atoms with van der Waals surface area (Å²) in [6.45, 7) is 2.83. The molecule has 0 aromatic heterocycles. The van der Waals surface area contributed by atoms with Gasteiger partial charge in [0.05, 0.1) is 19.8 Å². The topological polar surface area (TPSA) is 67.9 Å². The Bertz CT molecular complexity index is 1040. The van der Waals surface area contributed by atoms with Gasteiger partial charge in [0.25, 0.3) is 5.91 Å². The molecular formula is C25H26N2O4. The van der Waals surface area contributed by atoms with Gasteiger partial charge in [-0.3, -0.25) is 9.59 Å². The average molecular weight is 418 g/mol. The van der Waals surface area contributed by atoms with Gasteiger partial charge < -0.3 is 19.7 Å². The zero-order valence-corrected chi connectivity index (χ0v) is 17.4. The Morgan fingerprint density at radius 3 is 2.48 bits per heavy atom. The van der Waals surface area contributed by atoms with Crippen molar-refractivity contribution in [3.05, 3.63) is 72.3 Å². The molecule has 1 N–H and O–H groups in total. The Hall–Kier alpha value is -3.38. The second-order valence-corrected chi connectivity index (χ2v) is 7.46. The summed E-state index contributed by atoms with van der Waals surface area (Å²) < 4.78 is 11.2. The van der Waals surface area contributed by atoms with Crippen molar-refractivity contribution in [3.63, 3.8) is 0 Å². The summed E-state index contributed by atoms with van der Waals surface area (Å²) in [6.07, 6.45) is 0.974. The van der Waals surface area contributed by atoms with Crippen molar-refractivity contribution in [2.24, 2.45) is 0 Å². The summed E-state index contributed by atoms with van der Waals surface area (Å²) >= 11 is 0. The summed E-state index contributed by atoms with van der Waals surface area (Å²) in [5.74, 6) is 0.750. The van der Waals surface area contributed by atoms with Crippen LogP contribution in [0.15, 0.2) is 66.7 Å². The fourth-order valence-electron chi connectivity index (χ4n) is 3.61. The van der Waals surface area contributed by atoms with Crippen LogP contribution < -0.4 is 10.1 Å². The van der Waals surface area contributed by atoms with Crippen LogP contribution in [0, 0.1) is 0 Å². The Morgan fingerprint density at radius 2 is 1.68 bits per heavy atom. The van der Waals surface area contributed by atoms with Crippen LogP contribution in [0.1, 0.15) is 23.2 Å². The predicted octanol–water partition coefficient (Wildman–Crippen LogP) is 4.11. The summed E-state index contributed by atoms with van der Waals surface area (Å²) in [5, 5.41) is 5.08. The van der Waals surface area contributed by atoms with Crippen LogP contribution in [0.4, 0.5) is 5.69 Å². The van der Waals surface area contributed by atoms with Gasteiger partial charge in [-0.1, -0.05) is 36.4 Å². The van der Waals surface area contributed by atoms with Gasteiger partial charge in [0.15, 0.2) is 0 Å². The lowest BCUT2D eigenvalue weighted by Crippen LogP contribution is -2.40. The molecule has 1 heterocycles. The van der Waals surface area contributed by atoms with Crippen molar-refractivity contribution in [2.45, 2.75) is 12.8 Å². The van der Waals surface area contributed by atoms with Crippen LogP contribution in [0.2, 0.25) is 0 Å². The van der Waals surface area contributed by atoms with Crippen LogP contribution in [0.3, 0.4) is 0 Å². The Morgan fingerprint density at radius 1 is 0.935 bits per heavy atom. The number of rotatable bonds is 7. The highest BCUT2D eigenvalue weighted by Gasteiger charge is 2.18. The summed E-state index contributed by atoms with van der Waals surface area (Å²) in [7, 11) is 0. The third-order valence-electron chi connectivity index (χ3n) is 5.27. The number of fused-ring (bicyclic) bond motifs is 1. The highest BCUT2D eigenvalue weighted by molar-refractivity contribution is 5.96. The van der Waals surface area contributed by atoms with E-state index in [9.17, 15) is 9.59 Å². The maximum Gasteiger partial charge on any atom is 0.254 e. The van der Waals surface area contributed by atoms with E-state index in [0.717, 1.165) is 16.5 Å². The lowest BCUT2D eigenvalue weighted by atomic mass is 10.1. The summed E-state index contributed by atoms with van der Waals surface area (Å²) in [4.78, 5) is 26.5. The van der Waals surface area contributed by atoms with E-state index in [2.05, 4.69) is 17.4 Å². The second kappa shape index (κ2) is 10.1. The van der Waals surface area contributed by atoms with Crippen molar-refractivity contribution < 1.29 is 19.1 Å². The first kappa shape index (κ1) is 20.9. The fourth-order valence-corrected chi connectivity index (χ4v) is 3.61. The van der Waals surface area contributed by atoms with Crippen LogP contribution in [0.25, 0.3) is 10.8 Å². The molecule has 1 fully saturated rings. The van der Waals surface area contributed by atoms with Crippen molar-refractivity contribution in [1.82, 2.24) is 4.90 Å². The van der Waals surface area contributed by atoms with E-state index in [4.69, 9.17) is 9.47 Å². The number of amides is 2. The number of carbonyl (C=O) groups is 2. The largest absolute Gasteiger partial charge is 0.493 e. The maximum atomic E-state index is 12.5. The Kier molecular flexibility index (Phi) is 6.79. The molecule has 1 aliphatic rings. The summed E-state index contributed by atoms with van der Waals surface area (Å²) in [5.41, 5.74) is 1.29. The third kappa shape index (κ3) is 5.41. The third-order valence-corrected chi connectivity index (χ3v) is 5.27. The molecule has 2 amide bonds. The normalized spacial score (nSPS) is 13.7. The number of nitrogens with zero attached hydrogens (tertiary/aromatic N) is 1. The molecule has 0 spiro atoms. The van der Waals surface area contributed by atoms with E-state index < -0.39 is 0 Å². The molecule has 6 nitrogen and oxygen atoms in total. The molecule has 0 unspecified atom stereocenters. The first-order valence-electron chi connectivity index (χ1n) is 10.6. The van der Waals surface area contributed by atoms with Gasteiger partial charge in [0.1, 0.15) is 5.75 Å². The van der Waals surface area contributed by atoms with Crippen LogP contribution in [-0.4, -0.2) is 49.6 Å². The molecular weight excluding hydrogens is 392 g/mol. The molecule has 1 saturated heterocycles. The van der Waals surface area contributed by atoms with Gasteiger partial charge in [0, 0.05) is 36.1 Å². The van der Waals surface area contributed by atoms with Gasteiger partial charge in [-0.25, -0.2) is 0 Å². The quantitative estimate of drug-likeness (QED) is 0.587. The monoisotopic (exact) mass is 418 g/mol. The predicted molar refractivity (Wildman–Crippen MR) is 120 cm³/mol. The number of carbonyl (C=O) groups excluding carboxylic acids is 2. The van der Waals surface area contributed by atoms with Gasteiger partial charge >= 0.3 is 0 Å². The first-order chi connectivity index (χ1) is 15.2. The lowest BCUT2D eigenvalue weighted by molar-refractivity contribution is -0.116. The highest BCUT2D eigenvalue weighted by Crippen LogP contribution is 2.25. The first-order valence-corrected chi connectivity index (χ1v) is 10.6. The minimum atomic E-state index is -0.0752. The van der Waals surface area contributed by atoms with E-state index in [0.29, 0.717) is 57.0 Å². The maximum absolute atomic E-state index is 12.5. The standard InChI is InChI=1S/C25H26N2O4/c28-24(9-4-16-31-23-8-3-6-19-5-1-2-7-22(19)23)26-21-12-10-20(11-13-21)25(29)27-14-17-30-18-15-27/h1-3,5-8,10-13H,4,9,14-18H2,(H,26,28). The average Bonchev–Trinajstić information content (AvgIpc) is 2.82. The molecule has 1 aliphatic heterocycles. The van der Waals surface area contributed by atoms with Crippen molar-refractivity contribution in [2.75, 3.05) is 38.2 Å². The molecule has 31 heavy (non-hydrogen) atoms. The van der Waals surface area contributed by atoms with Crippen LogP contribution in [-0.2, 0) is 9.53 Å². The molecule has 160 valence electrons. The number of morpholine rings is 1. The number of anilines is 1. The zero-order chi connectivity index (χ0) is 21.5. The lowest BCUT2D eigenvalue weighted by Gasteiger charge is -2.26. The molecule has 4 rings (SSSR count). The number of benzene rings is 3. The number of ether oxygens (including phenoxy) is 2.